The second-order valence-electron chi connectivity index (χ2n) is 6.00. The molecule has 0 bridgehead atoms. The van der Waals surface area contributed by atoms with Crippen molar-refractivity contribution in [3.05, 3.63) is 46.9 Å². The first-order valence-corrected chi connectivity index (χ1v) is 8.72. The Morgan fingerprint density at radius 1 is 1.24 bits per heavy atom. The van der Waals surface area contributed by atoms with Gasteiger partial charge in [0.05, 0.1) is 6.54 Å². The van der Waals surface area contributed by atoms with E-state index in [9.17, 15) is 4.79 Å². The second kappa shape index (κ2) is 8.16. The molecule has 1 aromatic heterocycles. The average Bonchev–Trinajstić information content (AvgIpc) is 3.14. The molecular formula is C18H21ClN4O2. The number of benzene rings is 1. The average molecular weight is 361 g/mol. The van der Waals surface area contributed by atoms with Gasteiger partial charge in [-0.25, -0.2) is 9.97 Å². The van der Waals surface area contributed by atoms with Crippen LogP contribution in [0.2, 0.25) is 5.02 Å². The van der Waals surface area contributed by atoms with Crippen LogP contribution in [0.15, 0.2) is 30.3 Å². The van der Waals surface area contributed by atoms with Gasteiger partial charge in [0.15, 0.2) is 6.61 Å². The van der Waals surface area contributed by atoms with Crippen LogP contribution >= 0.6 is 11.6 Å². The second-order valence-corrected chi connectivity index (χ2v) is 6.43. The summed E-state index contributed by atoms with van der Waals surface area (Å²) < 4.78 is 5.42. The fourth-order valence-corrected chi connectivity index (χ4v) is 2.83. The lowest BCUT2D eigenvalue weighted by atomic mass is 10.3. The number of halogens is 1. The fraction of sp³-hybridized carbons (Fsp3) is 0.389. The number of aromatic nitrogens is 2. The number of amides is 1. The molecule has 25 heavy (non-hydrogen) atoms. The number of nitrogens with zero attached hydrogens (tertiary/aromatic N) is 3. The van der Waals surface area contributed by atoms with Crippen LogP contribution in [0.5, 0.6) is 5.75 Å². The van der Waals surface area contributed by atoms with E-state index in [1.807, 2.05) is 13.0 Å². The SMILES string of the molecule is Cc1cc(N2CCCC2)nc(CNC(=O)COc2ccc(Cl)cc2)n1. The highest BCUT2D eigenvalue weighted by molar-refractivity contribution is 6.30. The van der Waals surface area contributed by atoms with Gasteiger partial charge in [-0.15, -0.1) is 0 Å². The third kappa shape index (κ3) is 5.06. The number of hydrogen-bond donors (Lipinski definition) is 1. The molecule has 0 saturated carbocycles. The van der Waals surface area contributed by atoms with Crippen molar-refractivity contribution in [3.8, 4) is 5.75 Å². The lowest BCUT2D eigenvalue weighted by molar-refractivity contribution is -0.123. The summed E-state index contributed by atoms with van der Waals surface area (Å²) in [6, 6.07) is 8.87. The lowest BCUT2D eigenvalue weighted by Gasteiger charge is -2.17. The third-order valence-corrected chi connectivity index (χ3v) is 4.20. The van der Waals surface area contributed by atoms with E-state index in [0.717, 1.165) is 24.6 Å². The molecule has 132 valence electrons. The quantitative estimate of drug-likeness (QED) is 0.857. The van der Waals surface area contributed by atoms with Gasteiger partial charge in [0.25, 0.3) is 5.91 Å². The lowest BCUT2D eigenvalue weighted by Crippen LogP contribution is -2.29. The maximum Gasteiger partial charge on any atom is 0.258 e. The Kier molecular flexibility index (Phi) is 5.71. The molecular weight excluding hydrogens is 340 g/mol. The minimum atomic E-state index is -0.220. The summed E-state index contributed by atoms with van der Waals surface area (Å²) in [5.41, 5.74) is 0.901. The summed E-state index contributed by atoms with van der Waals surface area (Å²) in [5, 5.41) is 3.42. The Bertz CT molecular complexity index is 730. The van der Waals surface area contributed by atoms with Crippen LogP contribution in [-0.4, -0.2) is 35.6 Å². The maximum absolute atomic E-state index is 12.0. The molecule has 7 heteroatoms. The van der Waals surface area contributed by atoms with Gasteiger partial charge in [-0.3, -0.25) is 4.79 Å². The first kappa shape index (κ1) is 17.5. The van der Waals surface area contributed by atoms with Crippen molar-refractivity contribution >= 4 is 23.3 Å². The van der Waals surface area contributed by atoms with Gasteiger partial charge in [0.1, 0.15) is 17.4 Å². The Morgan fingerprint density at radius 3 is 2.68 bits per heavy atom. The van der Waals surface area contributed by atoms with E-state index in [2.05, 4.69) is 20.2 Å². The summed E-state index contributed by atoms with van der Waals surface area (Å²) in [7, 11) is 0. The molecule has 2 heterocycles. The van der Waals surface area contributed by atoms with Crippen LogP contribution in [0.3, 0.4) is 0 Å². The summed E-state index contributed by atoms with van der Waals surface area (Å²) in [4.78, 5) is 23.2. The van der Waals surface area contributed by atoms with Crippen molar-refractivity contribution in [3.63, 3.8) is 0 Å². The zero-order valence-corrected chi connectivity index (χ0v) is 14.9. The van der Waals surface area contributed by atoms with E-state index in [0.29, 0.717) is 16.6 Å². The molecule has 1 fully saturated rings. The molecule has 1 N–H and O–H groups in total. The highest BCUT2D eigenvalue weighted by atomic mass is 35.5. The van der Waals surface area contributed by atoms with Gasteiger partial charge < -0.3 is 15.0 Å². The normalized spacial score (nSPS) is 13.8. The van der Waals surface area contributed by atoms with Crippen molar-refractivity contribution < 1.29 is 9.53 Å². The van der Waals surface area contributed by atoms with Crippen molar-refractivity contribution in [1.82, 2.24) is 15.3 Å². The van der Waals surface area contributed by atoms with Crippen LogP contribution in [0.25, 0.3) is 0 Å². The van der Waals surface area contributed by atoms with E-state index in [-0.39, 0.29) is 19.1 Å². The Balaban J connectivity index is 1.52. The molecule has 6 nitrogen and oxygen atoms in total. The topological polar surface area (TPSA) is 67.4 Å². The molecule has 1 aliphatic rings. The molecule has 2 aromatic rings. The van der Waals surface area contributed by atoms with Gasteiger partial charge in [0.2, 0.25) is 0 Å². The van der Waals surface area contributed by atoms with E-state index in [1.54, 1.807) is 24.3 Å². The Labute approximate surface area is 152 Å². The molecule has 0 unspecified atom stereocenters. The minimum absolute atomic E-state index is 0.0631. The summed E-state index contributed by atoms with van der Waals surface area (Å²) in [6.07, 6.45) is 2.38. The number of carbonyl (C=O) groups excluding carboxylic acids is 1. The van der Waals surface area contributed by atoms with E-state index in [4.69, 9.17) is 16.3 Å². The zero-order valence-electron chi connectivity index (χ0n) is 14.2. The number of rotatable bonds is 6. The molecule has 3 rings (SSSR count). The van der Waals surface area contributed by atoms with E-state index < -0.39 is 0 Å². The van der Waals surface area contributed by atoms with Crippen molar-refractivity contribution in [2.45, 2.75) is 26.3 Å². The monoisotopic (exact) mass is 360 g/mol. The standard InChI is InChI=1S/C18H21ClN4O2/c1-13-10-17(23-8-2-3-9-23)22-16(21-13)11-20-18(24)12-25-15-6-4-14(19)5-7-15/h4-7,10H,2-3,8-9,11-12H2,1H3,(H,20,24). The minimum Gasteiger partial charge on any atom is -0.484 e. The summed E-state index contributed by atoms with van der Waals surface area (Å²) in [6.45, 7) is 4.21. The first-order valence-electron chi connectivity index (χ1n) is 8.35. The van der Waals surface area contributed by atoms with Gasteiger partial charge in [-0.1, -0.05) is 11.6 Å². The maximum atomic E-state index is 12.0. The number of anilines is 1. The van der Waals surface area contributed by atoms with Crippen LogP contribution in [-0.2, 0) is 11.3 Å². The molecule has 1 aromatic carbocycles. The van der Waals surface area contributed by atoms with Crippen LogP contribution in [0.1, 0.15) is 24.4 Å². The molecule has 0 spiro atoms. The van der Waals surface area contributed by atoms with Crippen molar-refractivity contribution in [1.29, 1.82) is 0 Å². The zero-order chi connectivity index (χ0) is 17.6. The Morgan fingerprint density at radius 2 is 1.96 bits per heavy atom. The van der Waals surface area contributed by atoms with Crippen molar-refractivity contribution in [2.24, 2.45) is 0 Å². The van der Waals surface area contributed by atoms with E-state index >= 15 is 0 Å². The van der Waals surface area contributed by atoms with Gasteiger partial charge >= 0.3 is 0 Å². The van der Waals surface area contributed by atoms with E-state index in [1.165, 1.54) is 12.8 Å². The first-order chi connectivity index (χ1) is 12.1. The van der Waals surface area contributed by atoms with Crippen LogP contribution in [0, 0.1) is 6.92 Å². The predicted octanol–water partition coefficient (Wildman–Crippen LogP) is 2.73. The molecule has 0 radical (unpaired) electrons. The predicted molar refractivity (Wildman–Crippen MR) is 97.0 cm³/mol. The smallest absolute Gasteiger partial charge is 0.258 e. The molecule has 0 atom stereocenters. The third-order valence-electron chi connectivity index (χ3n) is 3.94. The largest absolute Gasteiger partial charge is 0.484 e. The number of nitrogens with one attached hydrogen (secondary N) is 1. The summed E-state index contributed by atoms with van der Waals surface area (Å²) >= 11 is 5.81. The molecule has 1 aliphatic heterocycles. The van der Waals surface area contributed by atoms with Crippen molar-refractivity contribution in [2.75, 3.05) is 24.6 Å². The summed E-state index contributed by atoms with van der Waals surface area (Å²) in [5.74, 6) is 1.93. The number of carbonyl (C=O) groups is 1. The van der Waals surface area contributed by atoms with Gasteiger partial charge in [-0.05, 0) is 44.0 Å². The number of aryl methyl sites for hydroxylation is 1. The fourth-order valence-electron chi connectivity index (χ4n) is 2.71. The number of hydrogen-bond acceptors (Lipinski definition) is 5. The number of ether oxygens (including phenoxy) is 1. The van der Waals surface area contributed by atoms with Crippen LogP contribution in [0.4, 0.5) is 5.82 Å². The molecule has 1 amide bonds. The van der Waals surface area contributed by atoms with Gasteiger partial charge in [0, 0.05) is 29.9 Å². The Hall–Kier alpha value is -2.34. The van der Waals surface area contributed by atoms with Gasteiger partial charge in [-0.2, -0.15) is 0 Å². The molecule has 1 saturated heterocycles. The highest BCUT2D eigenvalue weighted by Gasteiger charge is 2.15. The molecule has 0 aliphatic carbocycles. The highest BCUT2D eigenvalue weighted by Crippen LogP contribution is 2.18. The van der Waals surface area contributed by atoms with Crippen LogP contribution < -0.4 is 15.0 Å².